The molecular formula is C19H20F3NO3. The molecule has 2 N–H and O–H groups in total. The number of ether oxygens (including phenoxy) is 2. The van der Waals surface area contributed by atoms with Gasteiger partial charge in [-0.25, -0.2) is 0 Å². The Bertz CT molecular complexity index is 733. The summed E-state index contributed by atoms with van der Waals surface area (Å²) in [6.07, 6.45) is -4.46. The van der Waals surface area contributed by atoms with Gasteiger partial charge in [-0.2, -0.15) is 13.2 Å². The number of esters is 1. The second-order valence-corrected chi connectivity index (χ2v) is 5.64. The molecule has 26 heavy (non-hydrogen) atoms. The smallest absolute Gasteiger partial charge is 0.422 e. The molecule has 0 spiro atoms. The maximum Gasteiger partial charge on any atom is 0.422 e. The molecule has 0 aliphatic carbocycles. The fourth-order valence-corrected chi connectivity index (χ4v) is 2.42. The molecule has 0 radical (unpaired) electrons. The van der Waals surface area contributed by atoms with Gasteiger partial charge in [0.25, 0.3) is 0 Å². The van der Waals surface area contributed by atoms with Gasteiger partial charge in [0.1, 0.15) is 5.75 Å². The lowest BCUT2D eigenvalue weighted by Gasteiger charge is -2.17. The van der Waals surface area contributed by atoms with Crippen LogP contribution in [0, 0.1) is 0 Å². The minimum Gasteiger partial charge on any atom is -0.483 e. The van der Waals surface area contributed by atoms with Gasteiger partial charge in [0.05, 0.1) is 13.0 Å². The first-order chi connectivity index (χ1) is 12.3. The van der Waals surface area contributed by atoms with E-state index in [-0.39, 0.29) is 18.8 Å². The molecule has 0 bridgehead atoms. The van der Waals surface area contributed by atoms with E-state index >= 15 is 0 Å². The van der Waals surface area contributed by atoms with Crippen LogP contribution in [0.2, 0.25) is 0 Å². The van der Waals surface area contributed by atoms with E-state index in [0.717, 1.165) is 0 Å². The van der Waals surface area contributed by atoms with Crippen LogP contribution in [0.3, 0.4) is 0 Å². The number of rotatable bonds is 7. The van der Waals surface area contributed by atoms with E-state index in [1.807, 2.05) is 0 Å². The molecule has 0 aliphatic heterocycles. The van der Waals surface area contributed by atoms with Gasteiger partial charge in [-0.15, -0.1) is 0 Å². The Balaban J connectivity index is 2.31. The molecule has 0 saturated carbocycles. The number of carbonyl (C=O) groups is 1. The molecule has 140 valence electrons. The highest BCUT2D eigenvalue weighted by Crippen LogP contribution is 2.34. The highest BCUT2D eigenvalue weighted by molar-refractivity contribution is 5.73. The molecule has 2 rings (SSSR count). The van der Waals surface area contributed by atoms with E-state index in [0.29, 0.717) is 16.7 Å². The third-order valence-corrected chi connectivity index (χ3v) is 3.60. The van der Waals surface area contributed by atoms with Crippen molar-refractivity contribution in [2.75, 3.05) is 13.2 Å². The van der Waals surface area contributed by atoms with Crippen molar-refractivity contribution >= 4 is 5.97 Å². The SMILES string of the molecule is CCOC(=O)CC(N)c1ccc(OCC(F)(F)F)c(-c2ccccc2)c1. The van der Waals surface area contributed by atoms with E-state index in [4.69, 9.17) is 15.2 Å². The Morgan fingerprint density at radius 3 is 2.46 bits per heavy atom. The van der Waals surface area contributed by atoms with Crippen molar-refractivity contribution in [1.29, 1.82) is 0 Å². The molecule has 0 amide bonds. The maximum atomic E-state index is 12.5. The number of nitrogens with two attached hydrogens (primary N) is 1. The first-order valence-electron chi connectivity index (χ1n) is 8.10. The Labute approximate surface area is 149 Å². The van der Waals surface area contributed by atoms with Crippen LogP contribution in [-0.4, -0.2) is 25.4 Å². The number of carbonyl (C=O) groups excluding carboxylic acids is 1. The fraction of sp³-hybridized carbons (Fsp3) is 0.316. The van der Waals surface area contributed by atoms with E-state index in [2.05, 4.69) is 0 Å². The summed E-state index contributed by atoms with van der Waals surface area (Å²) in [6, 6.07) is 12.9. The first kappa shape index (κ1) is 19.8. The van der Waals surface area contributed by atoms with Crippen LogP contribution in [0.4, 0.5) is 13.2 Å². The summed E-state index contributed by atoms with van der Waals surface area (Å²) in [5, 5.41) is 0. The molecule has 2 aromatic carbocycles. The van der Waals surface area contributed by atoms with Crippen molar-refractivity contribution in [1.82, 2.24) is 0 Å². The number of hydrogen-bond donors (Lipinski definition) is 1. The van der Waals surface area contributed by atoms with Crippen molar-refractivity contribution in [3.8, 4) is 16.9 Å². The lowest BCUT2D eigenvalue weighted by molar-refractivity contribution is -0.153. The standard InChI is InChI=1S/C19H20F3NO3/c1-2-25-18(24)11-16(23)14-8-9-17(26-12-19(20,21)22)15(10-14)13-6-4-3-5-7-13/h3-10,16H,2,11-12,23H2,1H3. The zero-order valence-corrected chi connectivity index (χ0v) is 14.3. The number of alkyl halides is 3. The molecule has 2 aromatic rings. The van der Waals surface area contributed by atoms with Crippen LogP contribution in [-0.2, 0) is 9.53 Å². The van der Waals surface area contributed by atoms with Crippen LogP contribution in [0.5, 0.6) is 5.75 Å². The molecule has 1 atom stereocenters. The summed E-state index contributed by atoms with van der Waals surface area (Å²) in [7, 11) is 0. The normalized spacial score (nSPS) is 12.5. The predicted octanol–water partition coefficient (Wildman–Crippen LogP) is 4.25. The van der Waals surface area contributed by atoms with Crippen LogP contribution < -0.4 is 10.5 Å². The summed E-state index contributed by atoms with van der Waals surface area (Å²) >= 11 is 0. The summed E-state index contributed by atoms with van der Waals surface area (Å²) in [4.78, 5) is 11.6. The van der Waals surface area contributed by atoms with Crippen LogP contribution >= 0.6 is 0 Å². The average Bonchev–Trinajstić information content (AvgIpc) is 2.60. The molecule has 0 aromatic heterocycles. The summed E-state index contributed by atoms with van der Waals surface area (Å²) in [5.74, 6) is -0.334. The summed E-state index contributed by atoms with van der Waals surface area (Å²) in [6.45, 7) is 0.565. The molecule has 0 heterocycles. The highest BCUT2D eigenvalue weighted by atomic mass is 19.4. The van der Waals surface area contributed by atoms with Gasteiger partial charge in [-0.05, 0) is 30.2 Å². The van der Waals surface area contributed by atoms with Gasteiger partial charge in [0.15, 0.2) is 6.61 Å². The lowest BCUT2D eigenvalue weighted by Crippen LogP contribution is -2.20. The zero-order valence-electron chi connectivity index (χ0n) is 14.3. The fourth-order valence-electron chi connectivity index (χ4n) is 2.42. The van der Waals surface area contributed by atoms with Gasteiger partial charge in [0.2, 0.25) is 0 Å². The van der Waals surface area contributed by atoms with Gasteiger partial charge in [-0.3, -0.25) is 4.79 Å². The van der Waals surface area contributed by atoms with E-state index in [1.54, 1.807) is 49.4 Å². The monoisotopic (exact) mass is 367 g/mol. The quantitative estimate of drug-likeness (QED) is 0.744. The highest BCUT2D eigenvalue weighted by Gasteiger charge is 2.29. The third-order valence-electron chi connectivity index (χ3n) is 3.60. The number of hydrogen-bond acceptors (Lipinski definition) is 4. The first-order valence-corrected chi connectivity index (χ1v) is 8.10. The summed E-state index contributed by atoms with van der Waals surface area (Å²) < 4.78 is 47.3. The van der Waals surface area contributed by atoms with Crippen LogP contribution in [0.15, 0.2) is 48.5 Å². The molecule has 0 saturated heterocycles. The van der Waals surface area contributed by atoms with Crippen molar-refractivity contribution in [2.45, 2.75) is 25.6 Å². The second-order valence-electron chi connectivity index (χ2n) is 5.64. The van der Waals surface area contributed by atoms with Crippen molar-refractivity contribution < 1.29 is 27.4 Å². The Morgan fingerprint density at radius 1 is 1.15 bits per heavy atom. The van der Waals surface area contributed by atoms with Gasteiger partial charge in [0, 0.05) is 11.6 Å². The topological polar surface area (TPSA) is 61.5 Å². The van der Waals surface area contributed by atoms with Gasteiger partial charge in [-0.1, -0.05) is 36.4 Å². The van der Waals surface area contributed by atoms with Gasteiger partial charge < -0.3 is 15.2 Å². The van der Waals surface area contributed by atoms with Crippen molar-refractivity contribution in [3.05, 3.63) is 54.1 Å². The van der Waals surface area contributed by atoms with E-state index in [1.165, 1.54) is 6.07 Å². The van der Waals surface area contributed by atoms with Crippen LogP contribution in [0.25, 0.3) is 11.1 Å². The zero-order chi connectivity index (χ0) is 19.2. The van der Waals surface area contributed by atoms with Crippen molar-refractivity contribution in [2.24, 2.45) is 5.73 Å². The van der Waals surface area contributed by atoms with E-state index in [9.17, 15) is 18.0 Å². The third kappa shape index (κ3) is 5.77. The number of halogens is 3. The second kappa shape index (κ2) is 8.71. The molecule has 0 fully saturated rings. The Hall–Kier alpha value is -2.54. The van der Waals surface area contributed by atoms with Gasteiger partial charge >= 0.3 is 12.1 Å². The minimum absolute atomic E-state index is 0.0230. The van der Waals surface area contributed by atoms with E-state index < -0.39 is 24.8 Å². The Morgan fingerprint density at radius 2 is 1.85 bits per heavy atom. The Kier molecular flexibility index (Phi) is 6.63. The molecule has 0 aliphatic rings. The molecule has 1 unspecified atom stereocenters. The van der Waals surface area contributed by atoms with Crippen LogP contribution in [0.1, 0.15) is 24.9 Å². The minimum atomic E-state index is -4.44. The number of benzene rings is 2. The molecular weight excluding hydrogens is 347 g/mol. The largest absolute Gasteiger partial charge is 0.483 e. The molecule has 7 heteroatoms. The van der Waals surface area contributed by atoms with Crippen molar-refractivity contribution in [3.63, 3.8) is 0 Å². The average molecular weight is 367 g/mol. The lowest BCUT2D eigenvalue weighted by atomic mass is 9.97. The molecule has 4 nitrogen and oxygen atoms in total. The summed E-state index contributed by atoms with van der Waals surface area (Å²) in [5.41, 5.74) is 7.82. The predicted molar refractivity (Wildman–Crippen MR) is 91.6 cm³/mol. The maximum absolute atomic E-state index is 12.5.